The van der Waals surface area contributed by atoms with Gasteiger partial charge in [-0.05, 0) is 31.7 Å². The number of rotatable bonds is 4. The van der Waals surface area contributed by atoms with Crippen LogP contribution in [-0.2, 0) is 0 Å². The zero-order valence-corrected chi connectivity index (χ0v) is 7.43. The molecule has 0 aliphatic heterocycles. The first-order valence-corrected chi connectivity index (χ1v) is 4.40. The standard InChI is InChI=1S/C10H17N/c1-4-5-6-10(11-3)9-7-8(9)2/h1,8-11H,5-7H2,2-3H3. The maximum absolute atomic E-state index is 5.21. The molecule has 0 aromatic rings. The van der Waals surface area contributed by atoms with Crippen LogP contribution >= 0.6 is 0 Å². The molecule has 1 rings (SSSR count). The van der Waals surface area contributed by atoms with E-state index in [0.29, 0.717) is 6.04 Å². The van der Waals surface area contributed by atoms with Crippen LogP contribution in [0.2, 0.25) is 0 Å². The number of hydrogen-bond acceptors (Lipinski definition) is 1. The first kappa shape index (κ1) is 8.62. The summed E-state index contributed by atoms with van der Waals surface area (Å²) >= 11 is 0. The van der Waals surface area contributed by atoms with Crippen molar-refractivity contribution in [2.75, 3.05) is 7.05 Å². The molecule has 1 heteroatoms. The molecule has 1 saturated carbocycles. The Bertz CT molecular complexity index is 157. The summed E-state index contributed by atoms with van der Waals surface area (Å²) in [5.41, 5.74) is 0. The van der Waals surface area contributed by atoms with Crippen LogP contribution in [-0.4, -0.2) is 13.1 Å². The lowest BCUT2D eigenvalue weighted by Gasteiger charge is -2.13. The minimum absolute atomic E-state index is 0.668. The highest BCUT2D eigenvalue weighted by Crippen LogP contribution is 2.41. The Kier molecular flexibility index (Phi) is 2.96. The third-order valence-corrected chi connectivity index (χ3v) is 2.66. The Morgan fingerprint density at radius 1 is 1.73 bits per heavy atom. The number of terminal acetylenes is 1. The maximum Gasteiger partial charge on any atom is 0.0104 e. The van der Waals surface area contributed by atoms with E-state index in [1.54, 1.807) is 0 Å². The van der Waals surface area contributed by atoms with Crippen LogP contribution in [0.4, 0.5) is 0 Å². The fourth-order valence-corrected chi connectivity index (χ4v) is 1.72. The average Bonchev–Trinajstić information content (AvgIpc) is 2.69. The highest BCUT2D eigenvalue weighted by Gasteiger charge is 2.37. The first-order valence-electron chi connectivity index (χ1n) is 4.40. The third kappa shape index (κ3) is 2.24. The lowest BCUT2D eigenvalue weighted by atomic mass is 10.1. The van der Waals surface area contributed by atoms with Gasteiger partial charge in [0.05, 0.1) is 0 Å². The second-order valence-corrected chi connectivity index (χ2v) is 3.51. The molecule has 0 heterocycles. The van der Waals surface area contributed by atoms with Crippen molar-refractivity contribution in [3.05, 3.63) is 0 Å². The van der Waals surface area contributed by atoms with Crippen molar-refractivity contribution in [2.45, 2.75) is 32.2 Å². The molecule has 0 radical (unpaired) electrons. The zero-order valence-electron chi connectivity index (χ0n) is 7.43. The van der Waals surface area contributed by atoms with E-state index in [4.69, 9.17) is 6.42 Å². The average molecular weight is 151 g/mol. The van der Waals surface area contributed by atoms with E-state index in [-0.39, 0.29) is 0 Å². The lowest BCUT2D eigenvalue weighted by Crippen LogP contribution is -2.27. The molecule has 0 aromatic heterocycles. The predicted molar refractivity (Wildman–Crippen MR) is 48.2 cm³/mol. The van der Waals surface area contributed by atoms with E-state index < -0.39 is 0 Å². The smallest absolute Gasteiger partial charge is 0.0104 e. The van der Waals surface area contributed by atoms with Crippen LogP contribution in [0.5, 0.6) is 0 Å². The monoisotopic (exact) mass is 151 g/mol. The lowest BCUT2D eigenvalue weighted by molar-refractivity contribution is 0.458. The van der Waals surface area contributed by atoms with E-state index in [9.17, 15) is 0 Å². The van der Waals surface area contributed by atoms with E-state index >= 15 is 0 Å². The van der Waals surface area contributed by atoms with Crippen LogP contribution in [0, 0.1) is 24.2 Å². The highest BCUT2D eigenvalue weighted by atomic mass is 14.9. The fraction of sp³-hybridized carbons (Fsp3) is 0.800. The summed E-state index contributed by atoms with van der Waals surface area (Å²) in [6, 6.07) is 0.668. The molecule has 0 bridgehead atoms. The SMILES string of the molecule is C#CCCC(NC)C1CC1C. The second-order valence-electron chi connectivity index (χ2n) is 3.51. The first-order chi connectivity index (χ1) is 5.29. The van der Waals surface area contributed by atoms with Gasteiger partial charge >= 0.3 is 0 Å². The number of hydrogen-bond donors (Lipinski definition) is 1. The molecule has 0 amide bonds. The predicted octanol–water partition coefficient (Wildman–Crippen LogP) is 1.64. The van der Waals surface area contributed by atoms with Crippen molar-refractivity contribution >= 4 is 0 Å². The topological polar surface area (TPSA) is 12.0 Å². The van der Waals surface area contributed by atoms with E-state index in [0.717, 1.165) is 24.7 Å². The summed E-state index contributed by atoms with van der Waals surface area (Å²) in [6.07, 6.45) is 8.65. The molecule has 1 nitrogen and oxygen atoms in total. The van der Waals surface area contributed by atoms with Crippen molar-refractivity contribution in [3.63, 3.8) is 0 Å². The Morgan fingerprint density at radius 3 is 2.73 bits per heavy atom. The van der Waals surface area contributed by atoms with E-state index in [1.165, 1.54) is 6.42 Å². The van der Waals surface area contributed by atoms with E-state index in [1.807, 2.05) is 7.05 Å². The minimum atomic E-state index is 0.668. The molecule has 3 unspecified atom stereocenters. The minimum Gasteiger partial charge on any atom is -0.317 e. The van der Waals surface area contributed by atoms with Crippen LogP contribution in [0.3, 0.4) is 0 Å². The van der Waals surface area contributed by atoms with E-state index in [2.05, 4.69) is 18.2 Å². The summed E-state index contributed by atoms with van der Waals surface area (Å²) in [7, 11) is 2.03. The number of nitrogens with one attached hydrogen (secondary N) is 1. The zero-order chi connectivity index (χ0) is 8.27. The Morgan fingerprint density at radius 2 is 2.36 bits per heavy atom. The molecule has 62 valence electrons. The van der Waals surface area contributed by atoms with Crippen molar-refractivity contribution in [2.24, 2.45) is 11.8 Å². The van der Waals surface area contributed by atoms with Crippen molar-refractivity contribution in [1.29, 1.82) is 0 Å². The van der Waals surface area contributed by atoms with Gasteiger partial charge < -0.3 is 5.32 Å². The summed E-state index contributed by atoms with van der Waals surface area (Å²) in [4.78, 5) is 0. The molecule has 0 saturated heterocycles. The summed E-state index contributed by atoms with van der Waals surface area (Å²) in [5, 5.41) is 3.33. The quantitative estimate of drug-likeness (QED) is 0.602. The normalized spacial score (nSPS) is 31.0. The van der Waals surface area contributed by atoms with Gasteiger partial charge in [-0.15, -0.1) is 12.3 Å². The molecule has 0 aromatic carbocycles. The Labute approximate surface area is 69.6 Å². The van der Waals surface area contributed by atoms with Gasteiger partial charge in [-0.1, -0.05) is 6.92 Å². The molecule has 1 aliphatic carbocycles. The van der Waals surface area contributed by atoms with Gasteiger partial charge in [-0.2, -0.15) is 0 Å². The largest absolute Gasteiger partial charge is 0.317 e. The fourth-order valence-electron chi connectivity index (χ4n) is 1.72. The van der Waals surface area contributed by atoms with Crippen LogP contribution < -0.4 is 5.32 Å². The molecular weight excluding hydrogens is 134 g/mol. The van der Waals surface area contributed by atoms with Crippen LogP contribution in [0.15, 0.2) is 0 Å². The summed E-state index contributed by atoms with van der Waals surface area (Å²) in [5.74, 6) is 4.51. The summed E-state index contributed by atoms with van der Waals surface area (Å²) < 4.78 is 0. The van der Waals surface area contributed by atoms with Crippen molar-refractivity contribution in [1.82, 2.24) is 5.32 Å². The molecule has 1 N–H and O–H groups in total. The Balaban J connectivity index is 2.22. The maximum atomic E-state index is 5.21. The van der Waals surface area contributed by atoms with Crippen LogP contribution in [0.25, 0.3) is 0 Å². The van der Waals surface area contributed by atoms with Crippen LogP contribution in [0.1, 0.15) is 26.2 Å². The second kappa shape index (κ2) is 3.78. The van der Waals surface area contributed by atoms with Gasteiger partial charge in [-0.3, -0.25) is 0 Å². The van der Waals surface area contributed by atoms with Gasteiger partial charge in [0.1, 0.15) is 0 Å². The van der Waals surface area contributed by atoms with Gasteiger partial charge in [0.15, 0.2) is 0 Å². The van der Waals surface area contributed by atoms with Gasteiger partial charge in [0.25, 0.3) is 0 Å². The van der Waals surface area contributed by atoms with Crippen molar-refractivity contribution < 1.29 is 0 Å². The third-order valence-electron chi connectivity index (χ3n) is 2.66. The Hall–Kier alpha value is -0.480. The van der Waals surface area contributed by atoms with Gasteiger partial charge in [0.2, 0.25) is 0 Å². The highest BCUT2D eigenvalue weighted by molar-refractivity contribution is 4.94. The molecular formula is C10H17N. The molecule has 0 spiro atoms. The molecule has 11 heavy (non-hydrogen) atoms. The molecule has 1 aliphatic rings. The summed E-state index contributed by atoms with van der Waals surface area (Å²) in [6.45, 7) is 2.31. The molecule has 1 fully saturated rings. The van der Waals surface area contributed by atoms with Crippen molar-refractivity contribution in [3.8, 4) is 12.3 Å². The van der Waals surface area contributed by atoms with Gasteiger partial charge in [-0.25, -0.2) is 0 Å². The molecule has 3 atom stereocenters. The van der Waals surface area contributed by atoms with Gasteiger partial charge in [0, 0.05) is 12.5 Å².